The summed E-state index contributed by atoms with van der Waals surface area (Å²) in [4.78, 5) is 23.7. The number of benzene rings is 5. The highest BCUT2D eigenvalue weighted by Crippen LogP contribution is 2.62. The SMILES string of the molecule is C=CCOC12Oc3ccc(Oc4ccc(-c5ccccc5)cc4)cc3C3C(CCCCO)C(CCCCO)C=C(C(=NOC4CCCCO4)CC1N(CCC)C(=O)c1ccc4ccccc4c1)C32. The molecule has 0 radical (unpaired) electrons. The van der Waals surface area contributed by atoms with Crippen molar-refractivity contribution in [1.29, 1.82) is 0 Å². The first kappa shape index (κ1) is 47.3. The van der Waals surface area contributed by atoms with E-state index < -0.39 is 24.0 Å². The normalized spacial score (nSPS) is 24.6. The Kier molecular flexibility index (Phi) is 15.4. The minimum Gasteiger partial charge on any atom is -0.459 e. The van der Waals surface area contributed by atoms with Gasteiger partial charge < -0.3 is 38.9 Å². The van der Waals surface area contributed by atoms with Crippen LogP contribution in [-0.2, 0) is 14.3 Å². The van der Waals surface area contributed by atoms with E-state index in [1.165, 1.54) is 0 Å². The van der Waals surface area contributed by atoms with E-state index in [1.807, 2.05) is 83.8 Å². The summed E-state index contributed by atoms with van der Waals surface area (Å²) in [7, 11) is 0. The van der Waals surface area contributed by atoms with Crippen LogP contribution in [0.3, 0.4) is 0 Å². The van der Waals surface area contributed by atoms with Gasteiger partial charge in [-0.3, -0.25) is 4.79 Å². The van der Waals surface area contributed by atoms with Crippen LogP contribution in [0.1, 0.15) is 99.4 Å². The lowest BCUT2D eigenvalue weighted by molar-refractivity contribution is -0.254. The number of hydrogen-bond acceptors (Lipinski definition) is 9. The average Bonchev–Trinajstić information content (AvgIpc) is 3.38. The number of rotatable bonds is 20. The maximum atomic E-state index is 15.4. The fourth-order valence-corrected chi connectivity index (χ4v) is 11.2. The largest absolute Gasteiger partial charge is 0.459 e. The first-order valence-corrected chi connectivity index (χ1v) is 24.9. The van der Waals surface area contributed by atoms with Crippen LogP contribution in [0.2, 0.25) is 0 Å². The zero-order valence-corrected chi connectivity index (χ0v) is 39.3. The molecule has 5 aromatic carbocycles. The summed E-state index contributed by atoms with van der Waals surface area (Å²) in [6.07, 6.45) is 12.1. The summed E-state index contributed by atoms with van der Waals surface area (Å²) >= 11 is 0. The van der Waals surface area contributed by atoms with Crippen LogP contribution in [0.4, 0.5) is 0 Å². The number of fused-ring (bicyclic) bond motifs is 3. The van der Waals surface area contributed by atoms with Gasteiger partial charge in [0, 0.05) is 49.6 Å². The number of carbonyl (C=O) groups is 1. The van der Waals surface area contributed by atoms with Crippen molar-refractivity contribution >= 4 is 22.4 Å². The standard InChI is InChI=1S/C58H66N2O8/c1-3-31-60(57(63)45-24-23-41-18-8-9-19-43(41)36-45)53-39-51(59-68-54-22-12-15-35-64-54)49-37-44(20-10-13-32-61)48(21-11-14-33-62)55-50-38-47(29-30-52(50)67-58(53,56(49)55)65-34-4-2)66-46-27-25-42(26-28-46)40-16-6-5-7-17-40/h4-9,16-19,23-30,36-38,44,48,53-56,61-62H,2-3,10-15,20-22,31-35,39H2,1H3. The quantitative estimate of drug-likeness (QED) is 0.0450. The Morgan fingerprint density at radius 1 is 0.853 bits per heavy atom. The first-order chi connectivity index (χ1) is 33.4. The summed E-state index contributed by atoms with van der Waals surface area (Å²) in [6.45, 7) is 7.67. The van der Waals surface area contributed by atoms with Crippen LogP contribution >= 0.6 is 0 Å². The molecule has 2 aliphatic heterocycles. The van der Waals surface area contributed by atoms with E-state index >= 15 is 4.79 Å². The second kappa shape index (κ2) is 22.1. The molecule has 1 saturated carbocycles. The average molecular weight is 919 g/mol. The lowest BCUT2D eigenvalue weighted by Crippen LogP contribution is -2.70. The second-order valence-electron chi connectivity index (χ2n) is 18.7. The number of carbonyl (C=O) groups excluding carboxylic acids is 1. The van der Waals surface area contributed by atoms with E-state index in [0.29, 0.717) is 61.6 Å². The van der Waals surface area contributed by atoms with E-state index in [4.69, 9.17) is 28.9 Å². The van der Waals surface area contributed by atoms with E-state index in [-0.39, 0.29) is 43.5 Å². The maximum Gasteiger partial charge on any atom is 0.254 e. The summed E-state index contributed by atoms with van der Waals surface area (Å²) in [5.74, 6) is 0.112. The van der Waals surface area contributed by atoms with Crippen molar-refractivity contribution in [3.05, 3.63) is 151 Å². The predicted molar refractivity (Wildman–Crippen MR) is 267 cm³/mol. The molecule has 0 bridgehead atoms. The van der Waals surface area contributed by atoms with Crippen LogP contribution in [0.15, 0.2) is 145 Å². The number of amides is 1. The highest BCUT2D eigenvalue weighted by Gasteiger charge is 2.65. The fourth-order valence-electron chi connectivity index (χ4n) is 11.2. The van der Waals surface area contributed by atoms with Crippen LogP contribution in [0.5, 0.6) is 17.2 Å². The predicted octanol–water partition coefficient (Wildman–Crippen LogP) is 12.0. The van der Waals surface area contributed by atoms with E-state index in [0.717, 1.165) is 83.7 Å². The van der Waals surface area contributed by atoms with Crippen molar-refractivity contribution in [3.8, 4) is 28.4 Å². The van der Waals surface area contributed by atoms with Crippen LogP contribution < -0.4 is 9.47 Å². The molecule has 2 aliphatic carbocycles. The molecule has 2 N–H and O–H groups in total. The fraction of sp³-hybridized carbons (Fsp3) is 0.414. The van der Waals surface area contributed by atoms with E-state index in [1.54, 1.807) is 6.08 Å². The van der Waals surface area contributed by atoms with Crippen LogP contribution in [0.25, 0.3) is 21.9 Å². The minimum absolute atomic E-state index is 0.0714. The topological polar surface area (TPSA) is 119 Å². The zero-order valence-electron chi connectivity index (χ0n) is 39.3. The number of nitrogens with zero attached hydrogens (tertiary/aromatic N) is 2. The van der Waals surface area contributed by atoms with Gasteiger partial charge >= 0.3 is 0 Å². The minimum atomic E-state index is -1.37. The molecule has 4 aliphatic rings. The van der Waals surface area contributed by atoms with Gasteiger partial charge in [0.15, 0.2) is 0 Å². The van der Waals surface area contributed by atoms with Gasteiger partial charge in [-0.1, -0.05) is 110 Å². The third-order valence-corrected chi connectivity index (χ3v) is 14.4. The third-order valence-electron chi connectivity index (χ3n) is 14.4. The number of aliphatic hydroxyl groups is 2. The Bertz CT molecular complexity index is 2550. The maximum absolute atomic E-state index is 15.4. The van der Waals surface area contributed by atoms with Crippen molar-refractivity contribution < 1.29 is 38.8 Å². The highest BCUT2D eigenvalue weighted by molar-refractivity contribution is 6.04. The Labute approximate surface area is 401 Å². The van der Waals surface area contributed by atoms with Gasteiger partial charge in [0.1, 0.15) is 23.3 Å². The molecular weight excluding hydrogens is 853 g/mol. The highest BCUT2D eigenvalue weighted by atomic mass is 16.8. The van der Waals surface area contributed by atoms with Crippen molar-refractivity contribution in [2.75, 3.05) is 33.0 Å². The number of aliphatic hydroxyl groups excluding tert-OH is 2. The van der Waals surface area contributed by atoms with Crippen molar-refractivity contribution in [2.45, 2.75) is 102 Å². The molecule has 1 saturated heterocycles. The lowest BCUT2D eigenvalue weighted by atomic mass is 9.55. The van der Waals surface area contributed by atoms with Gasteiger partial charge in [-0.05, 0) is 127 Å². The monoisotopic (exact) mass is 918 g/mol. The molecule has 2 heterocycles. The number of allylic oxidation sites excluding steroid dienone is 1. The van der Waals surface area contributed by atoms with Gasteiger partial charge in [0.25, 0.3) is 5.91 Å². The lowest BCUT2D eigenvalue weighted by Gasteiger charge is -2.60. The van der Waals surface area contributed by atoms with Crippen molar-refractivity contribution in [2.24, 2.45) is 22.9 Å². The van der Waals surface area contributed by atoms with Crippen molar-refractivity contribution in [1.82, 2.24) is 4.90 Å². The summed E-state index contributed by atoms with van der Waals surface area (Å²) in [5.41, 5.74) is 5.56. The van der Waals surface area contributed by atoms with Gasteiger partial charge in [-0.25, -0.2) is 0 Å². The molecular formula is C58H66N2O8. The number of hydrogen-bond donors (Lipinski definition) is 2. The molecule has 0 spiro atoms. The molecule has 9 rings (SSSR count). The molecule has 68 heavy (non-hydrogen) atoms. The Morgan fingerprint density at radius 3 is 2.35 bits per heavy atom. The van der Waals surface area contributed by atoms with Gasteiger partial charge in [-0.2, -0.15) is 0 Å². The Balaban J connectivity index is 1.21. The first-order valence-electron chi connectivity index (χ1n) is 24.9. The molecule has 356 valence electrons. The molecule has 7 atom stereocenters. The van der Waals surface area contributed by atoms with E-state index in [2.05, 4.69) is 56.0 Å². The van der Waals surface area contributed by atoms with Crippen LogP contribution in [-0.4, -0.2) is 77.8 Å². The molecule has 5 aromatic rings. The Hall–Kier alpha value is -5.78. The molecule has 7 unspecified atom stereocenters. The van der Waals surface area contributed by atoms with Gasteiger partial charge in [0.05, 0.1) is 24.8 Å². The molecule has 10 nitrogen and oxygen atoms in total. The van der Waals surface area contributed by atoms with Gasteiger partial charge in [0.2, 0.25) is 12.1 Å². The molecule has 10 heteroatoms. The smallest absolute Gasteiger partial charge is 0.254 e. The molecule has 1 amide bonds. The number of unbranched alkanes of at least 4 members (excludes halogenated alkanes) is 2. The summed E-state index contributed by atoms with van der Waals surface area (Å²) in [6, 6.07) is 37.9. The summed E-state index contributed by atoms with van der Waals surface area (Å²) < 4.78 is 27.5. The second-order valence-corrected chi connectivity index (χ2v) is 18.7. The van der Waals surface area contributed by atoms with E-state index in [9.17, 15) is 10.2 Å². The molecule has 0 aromatic heterocycles. The Morgan fingerprint density at radius 2 is 1.60 bits per heavy atom. The van der Waals surface area contributed by atoms with Crippen LogP contribution in [0, 0.1) is 17.8 Å². The van der Waals surface area contributed by atoms with Crippen molar-refractivity contribution in [3.63, 3.8) is 0 Å². The molecule has 2 fully saturated rings. The zero-order chi connectivity index (χ0) is 46.9. The van der Waals surface area contributed by atoms with Gasteiger partial charge in [-0.15, -0.1) is 6.58 Å². The third kappa shape index (κ3) is 10.0. The number of oxime groups is 1. The number of ether oxygens (including phenoxy) is 4. The summed E-state index contributed by atoms with van der Waals surface area (Å²) in [5, 5.41) is 27.2.